The van der Waals surface area contributed by atoms with Gasteiger partial charge in [-0.1, -0.05) is 6.07 Å². The minimum Gasteiger partial charge on any atom is -0.454 e. The Kier molecular flexibility index (Phi) is 3.96. The molecule has 9 nitrogen and oxygen atoms in total. The van der Waals surface area contributed by atoms with Gasteiger partial charge in [0, 0.05) is 15.5 Å². The highest BCUT2D eigenvalue weighted by molar-refractivity contribution is 14.1. The molecule has 2 aromatic heterocycles. The number of hydrogen-bond acceptors (Lipinski definition) is 8. The number of tetrazole rings is 1. The molecule has 0 radical (unpaired) electrons. The molecule has 134 valence electrons. The van der Waals surface area contributed by atoms with E-state index in [-0.39, 0.29) is 6.79 Å². The summed E-state index contributed by atoms with van der Waals surface area (Å²) in [6.07, 6.45) is 0. The predicted molar refractivity (Wildman–Crippen MR) is 105 cm³/mol. The van der Waals surface area contributed by atoms with Crippen molar-refractivity contribution in [3.8, 4) is 23.1 Å². The molecule has 0 unspecified atom stereocenters. The monoisotopic (exact) mass is 473 g/mol. The third kappa shape index (κ3) is 3.12. The van der Waals surface area contributed by atoms with E-state index in [1.807, 2.05) is 36.4 Å². The van der Waals surface area contributed by atoms with Crippen LogP contribution in [0.3, 0.4) is 0 Å². The van der Waals surface area contributed by atoms with Crippen molar-refractivity contribution in [3.05, 3.63) is 45.5 Å². The number of rotatable bonds is 4. The molecule has 5 rings (SSSR count). The van der Waals surface area contributed by atoms with E-state index in [0.717, 1.165) is 31.5 Å². The summed E-state index contributed by atoms with van der Waals surface area (Å²) in [5, 5.41) is 18.3. The molecule has 4 aromatic rings. The Morgan fingerprint density at radius 3 is 2.85 bits per heavy atom. The van der Waals surface area contributed by atoms with E-state index in [2.05, 4.69) is 58.5 Å². The average Bonchev–Trinajstić information content (AvgIpc) is 3.37. The Balaban J connectivity index is 1.51. The van der Waals surface area contributed by atoms with Crippen LogP contribution in [0.25, 0.3) is 22.6 Å². The van der Waals surface area contributed by atoms with Crippen LogP contribution in [-0.2, 0) is 6.54 Å². The number of anilines is 1. The van der Waals surface area contributed by atoms with E-state index in [1.165, 1.54) is 0 Å². The highest BCUT2D eigenvalue weighted by Crippen LogP contribution is 2.33. The van der Waals surface area contributed by atoms with Crippen molar-refractivity contribution in [1.29, 1.82) is 0 Å². The molecule has 1 aliphatic rings. The van der Waals surface area contributed by atoms with E-state index in [4.69, 9.17) is 9.47 Å². The van der Waals surface area contributed by atoms with Gasteiger partial charge in [0.1, 0.15) is 5.82 Å². The highest BCUT2D eigenvalue weighted by Gasteiger charge is 2.15. The summed E-state index contributed by atoms with van der Waals surface area (Å²) >= 11 is 2.27. The second-order valence-corrected chi connectivity index (χ2v) is 7.08. The van der Waals surface area contributed by atoms with Crippen LogP contribution in [0.2, 0.25) is 0 Å². The summed E-state index contributed by atoms with van der Waals surface area (Å²) < 4.78 is 11.9. The van der Waals surface area contributed by atoms with Gasteiger partial charge in [0.05, 0.1) is 5.52 Å². The first-order chi connectivity index (χ1) is 13.3. The largest absolute Gasteiger partial charge is 0.454 e. The summed E-state index contributed by atoms with van der Waals surface area (Å²) in [7, 11) is 0. The summed E-state index contributed by atoms with van der Waals surface area (Å²) in [5.74, 6) is 2.98. The molecular formula is C17H12IN7O2. The third-order valence-corrected chi connectivity index (χ3v) is 4.77. The standard InChI is InChI=1S/C17H12IN7O2/c18-10-2-3-12-11(6-10)15(21-16(20-12)17-22-24-25-23-17)19-7-9-1-4-13-14(5-9)27-8-26-13/h1-6H,7-8H2,(H,19,20,21)(H,22,23,24,25). The molecule has 0 aliphatic carbocycles. The van der Waals surface area contributed by atoms with Crippen LogP contribution in [0.15, 0.2) is 36.4 Å². The molecule has 2 N–H and O–H groups in total. The number of aromatic nitrogens is 6. The topological polar surface area (TPSA) is 111 Å². The molecule has 0 atom stereocenters. The fourth-order valence-electron chi connectivity index (χ4n) is 2.83. The Morgan fingerprint density at radius 2 is 1.96 bits per heavy atom. The molecule has 27 heavy (non-hydrogen) atoms. The maximum absolute atomic E-state index is 5.44. The molecule has 10 heteroatoms. The Hall–Kier alpha value is -3.02. The Morgan fingerprint density at radius 1 is 1.04 bits per heavy atom. The van der Waals surface area contributed by atoms with Gasteiger partial charge in [-0.2, -0.15) is 5.21 Å². The predicted octanol–water partition coefficient (Wildman–Crippen LogP) is 2.76. The van der Waals surface area contributed by atoms with Crippen LogP contribution < -0.4 is 14.8 Å². The van der Waals surface area contributed by atoms with Gasteiger partial charge < -0.3 is 14.8 Å². The van der Waals surface area contributed by atoms with Crippen LogP contribution in [0.1, 0.15) is 5.56 Å². The molecular weight excluding hydrogens is 461 g/mol. The van der Waals surface area contributed by atoms with E-state index in [9.17, 15) is 0 Å². The normalized spacial score (nSPS) is 12.5. The number of aromatic amines is 1. The number of fused-ring (bicyclic) bond motifs is 2. The maximum Gasteiger partial charge on any atom is 0.241 e. The van der Waals surface area contributed by atoms with Crippen LogP contribution >= 0.6 is 22.6 Å². The van der Waals surface area contributed by atoms with Gasteiger partial charge in [-0.3, -0.25) is 0 Å². The number of nitrogens with zero attached hydrogens (tertiary/aromatic N) is 5. The minimum absolute atomic E-state index is 0.259. The summed E-state index contributed by atoms with van der Waals surface area (Å²) in [6.45, 7) is 0.829. The van der Waals surface area contributed by atoms with Gasteiger partial charge in [0.15, 0.2) is 11.5 Å². The highest BCUT2D eigenvalue weighted by atomic mass is 127. The number of hydrogen-bond donors (Lipinski definition) is 2. The molecule has 0 saturated carbocycles. The van der Waals surface area contributed by atoms with Crippen LogP contribution in [0, 0.1) is 3.57 Å². The third-order valence-electron chi connectivity index (χ3n) is 4.10. The lowest BCUT2D eigenvalue weighted by molar-refractivity contribution is 0.174. The van der Waals surface area contributed by atoms with Crippen molar-refractivity contribution in [2.75, 3.05) is 12.1 Å². The SMILES string of the molecule is Ic1ccc2nc(-c3nn[nH]n3)nc(NCc3ccc4c(c3)OCO4)c2c1. The van der Waals surface area contributed by atoms with E-state index >= 15 is 0 Å². The van der Waals surface area contributed by atoms with Gasteiger partial charge in [-0.05, 0) is 63.7 Å². The van der Waals surface area contributed by atoms with Crippen LogP contribution in [-0.4, -0.2) is 37.4 Å². The number of benzene rings is 2. The van der Waals surface area contributed by atoms with Crippen molar-refractivity contribution < 1.29 is 9.47 Å². The maximum atomic E-state index is 5.44. The lowest BCUT2D eigenvalue weighted by Gasteiger charge is -2.11. The van der Waals surface area contributed by atoms with Gasteiger partial charge in [-0.25, -0.2) is 9.97 Å². The van der Waals surface area contributed by atoms with Crippen molar-refractivity contribution >= 4 is 39.3 Å². The summed E-state index contributed by atoms with van der Waals surface area (Å²) in [6, 6.07) is 11.9. The summed E-state index contributed by atoms with van der Waals surface area (Å²) in [4.78, 5) is 9.15. The molecule has 2 aromatic carbocycles. The molecule has 0 fully saturated rings. The number of halogens is 1. The fraction of sp³-hybridized carbons (Fsp3) is 0.118. The number of H-pyrrole nitrogens is 1. The smallest absolute Gasteiger partial charge is 0.241 e. The zero-order valence-corrected chi connectivity index (χ0v) is 16.0. The lowest BCUT2D eigenvalue weighted by atomic mass is 10.2. The van der Waals surface area contributed by atoms with E-state index < -0.39 is 0 Å². The van der Waals surface area contributed by atoms with Gasteiger partial charge in [0.2, 0.25) is 18.4 Å². The van der Waals surface area contributed by atoms with Gasteiger partial charge >= 0.3 is 0 Å². The van der Waals surface area contributed by atoms with Crippen molar-refractivity contribution in [2.24, 2.45) is 0 Å². The van der Waals surface area contributed by atoms with Crippen molar-refractivity contribution in [2.45, 2.75) is 6.54 Å². The molecule has 0 spiro atoms. The molecule has 1 aliphatic heterocycles. The van der Waals surface area contributed by atoms with Gasteiger partial charge in [-0.15, -0.1) is 10.2 Å². The second kappa shape index (κ2) is 6.61. The molecule has 0 amide bonds. The number of ether oxygens (including phenoxy) is 2. The van der Waals surface area contributed by atoms with Crippen LogP contribution in [0.5, 0.6) is 11.5 Å². The minimum atomic E-state index is 0.259. The average molecular weight is 473 g/mol. The lowest BCUT2D eigenvalue weighted by Crippen LogP contribution is -2.05. The van der Waals surface area contributed by atoms with Gasteiger partial charge in [0.25, 0.3) is 0 Å². The quantitative estimate of drug-likeness (QED) is 0.436. The Labute approximate surface area is 166 Å². The van der Waals surface area contributed by atoms with Crippen molar-refractivity contribution in [1.82, 2.24) is 30.6 Å². The van der Waals surface area contributed by atoms with E-state index in [0.29, 0.717) is 24.0 Å². The first-order valence-corrected chi connectivity index (χ1v) is 9.18. The molecule has 0 saturated heterocycles. The molecule has 0 bridgehead atoms. The first-order valence-electron chi connectivity index (χ1n) is 8.10. The fourth-order valence-corrected chi connectivity index (χ4v) is 3.32. The molecule has 3 heterocycles. The zero-order valence-electron chi connectivity index (χ0n) is 13.8. The summed E-state index contributed by atoms with van der Waals surface area (Å²) in [5.41, 5.74) is 1.86. The van der Waals surface area contributed by atoms with Crippen LogP contribution in [0.4, 0.5) is 5.82 Å². The van der Waals surface area contributed by atoms with Crippen molar-refractivity contribution in [3.63, 3.8) is 0 Å². The second-order valence-electron chi connectivity index (χ2n) is 5.83. The van der Waals surface area contributed by atoms with E-state index in [1.54, 1.807) is 0 Å². The first kappa shape index (κ1) is 16.2. The zero-order chi connectivity index (χ0) is 18.2. The number of nitrogens with one attached hydrogen (secondary N) is 2. The Bertz CT molecular complexity index is 1130.